The zero-order valence-corrected chi connectivity index (χ0v) is 13.3. The molecule has 3 rings (SSSR count). The molecule has 0 aromatic carbocycles. The molecule has 5 heteroatoms. The zero-order valence-electron chi connectivity index (χ0n) is 13.3. The summed E-state index contributed by atoms with van der Waals surface area (Å²) in [5.74, 6) is 1.05. The van der Waals surface area contributed by atoms with Crippen molar-refractivity contribution in [3.63, 3.8) is 0 Å². The van der Waals surface area contributed by atoms with Crippen molar-refractivity contribution >= 4 is 11.5 Å². The first-order valence-electron chi connectivity index (χ1n) is 7.61. The fourth-order valence-corrected chi connectivity index (χ4v) is 3.23. The van der Waals surface area contributed by atoms with Crippen molar-refractivity contribution in [3.8, 4) is 0 Å². The molecule has 1 N–H and O–H groups in total. The fourth-order valence-electron chi connectivity index (χ4n) is 3.23. The molecule has 0 amide bonds. The molecule has 114 valence electrons. The Morgan fingerprint density at radius 2 is 2.05 bits per heavy atom. The molecule has 1 fully saturated rings. The molecule has 0 spiro atoms. The summed E-state index contributed by atoms with van der Waals surface area (Å²) in [6.45, 7) is 7.23. The Labute approximate surface area is 125 Å². The highest BCUT2D eigenvalue weighted by Crippen LogP contribution is 2.41. The lowest BCUT2D eigenvalue weighted by Gasteiger charge is -2.43. The summed E-state index contributed by atoms with van der Waals surface area (Å²) >= 11 is 0. The third kappa shape index (κ3) is 2.29. The second-order valence-electron chi connectivity index (χ2n) is 6.57. The van der Waals surface area contributed by atoms with E-state index < -0.39 is 0 Å². The maximum atomic E-state index is 9.69. The lowest BCUT2D eigenvalue weighted by molar-refractivity contribution is 0.0522. The predicted molar refractivity (Wildman–Crippen MR) is 83.8 cm³/mol. The lowest BCUT2D eigenvalue weighted by Crippen LogP contribution is -2.44. The molecular formula is C16H24N4O. The lowest BCUT2D eigenvalue weighted by atomic mass is 9.69. The number of rotatable bonds is 4. The molecule has 0 unspecified atom stereocenters. The van der Waals surface area contributed by atoms with E-state index in [-0.39, 0.29) is 12.0 Å². The van der Waals surface area contributed by atoms with Crippen molar-refractivity contribution in [2.45, 2.75) is 40.0 Å². The third-order valence-corrected chi connectivity index (χ3v) is 4.88. The van der Waals surface area contributed by atoms with Crippen molar-refractivity contribution < 1.29 is 5.11 Å². The van der Waals surface area contributed by atoms with Crippen LogP contribution in [0.25, 0.3) is 5.65 Å². The maximum absolute atomic E-state index is 9.69. The Morgan fingerprint density at radius 1 is 1.33 bits per heavy atom. The van der Waals surface area contributed by atoms with Gasteiger partial charge in [0.15, 0.2) is 5.65 Å². The third-order valence-electron chi connectivity index (χ3n) is 4.88. The first kappa shape index (κ1) is 14.3. The number of aliphatic hydroxyl groups excluding tert-OH is 1. The maximum Gasteiger partial charge on any atom is 0.160 e. The van der Waals surface area contributed by atoms with E-state index in [0.717, 1.165) is 47.8 Å². The number of hydrogen-bond acceptors (Lipinski definition) is 4. The van der Waals surface area contributed by atoms with Crippen LogP contribution in [-0.2, 0) is 0 Å². The Hall–Kier alpha value is -1.62. The molecule has 1 aliphatic carbocycles. The summed E-state index contributed by atoms with van der Waals surface area (Å²) in [6, 6.07) is 2.07. The van der Waals surface area contributed by atoms with Crippen LogP contribution in [0, 0.1) is 26.2 Å². The zero-order chi connectivity index (χ0) is 15.2. The largest absolute Gasteiger partial charge is 0.396 e. The standard InChI is InChI=1S/C16H24N4O/c1-11-8-14(19(4)9-16(10-21)6-5-7-16)20-15(17-11)12(2)13(3)18-20/h8,21H,5-7,9-10H2,1-4H3. The molecule has 2 heterocycles. The van der Waals surface area contributed by atoms with E-state index >= 15 is 0 Å². The molecule has 2 aromatic heterocycles. The number of aliphatic hydroxyl groups is 1. The van der Waals surface area contributed by atoms with E-state index in [0.29, 0.717) is 0 Å². The topological polar surface area (TPSA) is 53.7 Å². The Kier molecular flexibility index (Phi) is 3.40. The SMILES string of the molecule is Cc1cc(N(C)CC2(CO)CCC2)n2nc(C)c(C)c2n1. The predicted octanol–water partition coefficient (Wildman–Crippen LogP) is 2.25. The van der Waals surface area contributed by atoms with E-state index in [1.54, 1.807) is 0 Å². The average molecular weight is 288 g/mol. The van der Waals surface area contributed by atoms with Gasteiger partial charge >= 0.3 is 0 Å². The van der Waals surface area contributed by atoms with Crippen molar-refractivity contribution in [1.29, 1.82) is 0 Å². The van der Waals surface area contributed by atoms with Crippen LogP contribution in [0.4, 0.5) is 5.82 Å². The van der Waals surface area contributed by atoms with Gasteiger partial charge in [-0.25, -0.2) is 4.98 Å². The summed E-state index contributed by atoms with van der Waals surface area (Å²) in [6.07, 6.45) is 3.44. The molecule has 2 aromatic rings. The van der Waals surface area contributed by atoms with Crippen LogP contribution < -0.4 is 4.90 Å². The van der Waals surface area contributed by atoms with Crippen LogP contribution in [-0.4, -0.2) is 39.9 Å². The fraction of sp³-hybridized carbons (Fsp3) is 0.625. The molecule has 1 aliphatic rings. The second kappa shape index (κ2) is 4.98. The van der Waals surface area contributed by atoms with Crippen molar-refractivity contribution in [2.24, 2.45) is 5.41 Å². The molecule has 21 heavy (non-hydrogen) atoms. The number of hydrogen-bond donors (Lipinski definition) is 1. The van der Waals surface area contributed by atoms with Crippen molar-refractivity contribution in [3.05, 3.63) is 23.0 Å². The van der Waals surface area contributed by atoms with Gasteiger partial charge in [-0.05, 0) is 33.6 Å². The minimum Gasteiger partial charge on any atom is -0.396 e. The van der Waals surface area contributed by atoms with Gasteiger partial charge < -0.3 is 10.0 Å². The van der Waals surface area contributed by atoms with Gasteiger partial charge in [0.05, 0.1) is 12.3 Å². The first-order chi connectivity index (χ1) is 9.96. The number of aryl methyl sites for hydroxylation is 3. The van der Waals surface area contributed by atoms with E-state index in [2.05, 4.69) is 35.0 Å². The second-order valence-corrected chi connectivity index (χ2v) is 6.57. The van der Waals surface area contributed by atoms with Crippen molar-refractivity contribution in [1.82, 2.24) is 14.6 Å². The van der Waals surface area contributed by atoms with Crippen molar-refractivity contribution in [2.75, 3.05) is 25.1 Å². The van der Waals surface area contributed by atoms with Crippen LogP contribution in [0.2, 0.25) is 0 Å². The minimum absolute atomic E-state index is 0.0650. The number of nitrogens with zero attached hydrogens (tertiary/aromatic N) is 4. The van der Waals surface area contributed by atoms with Gasteiger partial charge in [0.2, 0.25) is 0 Å². The molecule has 0 bridgehead atoms. The first-order valence-corrected chi connectivity index (χ1v) is 7.61. The van der Waals surface area contributed by atoms with E-state index in [1.807, 2.05) is 18.4 Å². The van der Waals surface area contributed by atoms with E-state index in [4.69, 9.17) is 0 Å². The van der Waals surface area contributed by atoms with Gasteiger partial charge in [-0.3, -0.25) is 0 Å². The van der Waals surface area contributed by atoms with Crippen LogP contribution in [0.5, 0.6) is 0 Å². The molecule has 0 aliphatic heterocycles. The monoisotopic (exact) mass is 288 g/mol. The summed E-state index contributed by atoms with van der Waals surface area (Å²) in [5.41, 5.74) is 4.15. The van der Waals surface area contributed by atoms with Crippen LogP contribution >= 0.6 is 0 Å². The highest BCUT2D eigenvalue weighted by Gasteiger charge is 2.37. The normalized spacial score (nSPS) is 17.0. The Morgan fingerprint density at radius 3 is 2.62 bits per heavy atom. The van der Waals surface area contributed by atoms with Crippen LogP contribution in [0.3, 0.4) is 0 Å². The molecule has 0 atom stereocenters. The van der Waals surface area contributed by atoms with E-state index in [9.17, 15) is 5.11 Å². The number of anilines is 1. The average Bonchev–Trinajstić information content (AvgIpc) is 2.69. The molecule has 0 saturated heterocycles. The summed E-state index contributed by atoms with van der Waals surface area (Å²) in [5, 5.41) is 14.3. The van der Waals surface area contributed by atoms with Gasteiger partial charge in [0, 0.05) is 36.3 Å². The van der Waals surface area contributed by atoms with Gasteiger partial charge in [-0.2, -0.15) is 9.61 Å². The molecule has 5 nitrogen and oxygen atoms in total. The smallest absolute Gasteiger partial charge is 0.160 e. The minimum atomic E-state index is 0.0650. The van der Waals surface area contributed by atoms with Gasteiger partial charge in [-0.15, -0.1) is 0 Å². The number of aromatic nitrogens is 3. The molecule has 0 radical (unpaired) electrons. The van der Waals surface area contributed by atoms with Crippen LogP contribution in [0.15, 0.2) is 6.07 Å². The Bertz CT molecular complexity index is 667. The quantitative estimate of drug-likeness (QED) is 0.937. The highest BCUT2D eigenvalue weighted by molar-refractivity contribution is 5.56. The van der Waals surface area contributed by atoms with Gasteiger partial charge in [-0.1, -0.05) is 6.42 Å². The van der Waals surface area contributed by atoms with E-state index in [1.165, 1.54) is 6.42 Å². The highest BCUT2D eigenvalue weighted by atomic mass is 16.3. The summed E-state index contributed by atoms with van der Waals surface area (Å²) in [4.78, 5) is 6.83. The molecule has 1 saturated carbocycles. The van der Waals surface area contributed by atoms with Gasteiger partial charge in [0.25, 0.3) is 0 Å². The Balaban J connectivity index is 2.01. The number of fused-ring (bicyclic) bond motifs is 1. The van der Waals surface area contributed by atoms with Gasteiger partial charge in [0.1, 0.15) is 5.82 Å². The summed E-state index contributed by atoms with van der Waals surface area (Å²) < 4.78 is 1.93. The molecular weight excluding hydrogens is 264 g/mol. The summed E-state index contributed by atoms with van der Waals surface area (Å²) in [7, 11) is 2.08. The van der Waals surface area contributed by atoms with Crippen LogP contribution in [0.1, 0.15) is 36.2 Å².